The van der Waals surface area contributed by atoms with Crippen molar-refractivity contribution in [1.82, 2.24) is 14.5 Å². The molecule has 1 aromatic heterocycles. The summed E-state index contributed by atoms with van der Waals surface area (Å²) in [6, 6.07) is 11.9. The van der Waals surface area contributed by atoms with E-state index in [4.69, 9.17) is 11.6 Å². The third kappa shape index (κ3) is 4.95. The normalized spacial score (nSPS) is 13.9. The van der Waals surface area contributed by atoms with Crippen LogP contribution in [0.2, 0.25) is 5.15 Å². The molecular formula is C21H20ClFN4O3S. The average molecular weight is 463 g/mol. The van der Waals surface area contributed by atoms with Crippen LogP contribution in [0.25, 0.3) is 0 Å². The van der Waals surface area contributed by atoms with Crippen LogP contribution in [0.1, 0.15) is 34.5 Å². The van der Waals surface area contributed by atoms with Crippen LogP contribution in [0.4, 0.5) is 10.1 Å². The molecule has 7 nitrogen and oxygen atoms in total. The third-order valence-corrected chi connectivity index (χ3v) is 6.74. The molecular weight excluding hydrogens is 443 g/mol. The molecule has 162 valence electrons. The summed E-state index contributed by atoms with van der Waals surface area (Å²) in [4.78, 5) is 12.9. The van der Waals surface area contributed by atoms with Crippen molar-refractivity contribution < 1.29 is 17.6 Å². The zero-order valence-corrected chi connectivity index (χ0v) is 18.2. The minimum absolute atomic E-state index is 0.0170. The number of carbonyl (C=O) groups excluding carboxylic acids is 1. The van der Waals surface area contributed by atoms with Crippen LogP contribution in [0.3, 0.4) is 0 Å². The van der Waals surface area contributed by atoms with Gasteiger partial charge in [-0.15, -0.1) is 0 Å². The number of nitrogens with zero attached hydrogens (tertiary/aromatic N) is 2. The Labute approximate surface area is 184 Å². The highest BCUT2D eigenvalue weighted by atomic mass is 35.5. The van der Waals surface area contributed by atoms with Crippen molar-refractivity contribution in [2.45, 2.75) is 37.2 Å². The number of aromatic nitrogens is 2. The average Bonchev–Trinajstić information content (AvgIpc) is 3.47. The molecule has 2 aromatic carbocycles. The maximum absolute atomic E-state index is 13.1. The largest absolute Gasteiger partial charge is 0.322 e. The zero-order chi connectivity index (χ0) is 22.2. The number of aryl methyl sites for hydroxylation is 1. The van der Waals surface area contributed by atoms with Gasteiger partial charge in [-0.1, -0.05) is 29.8 Å². The van der Waals surface area contributed by atoms with Gasteiger partial charge in [0.15, 0.2) is 0 Å². The van der Waals surface area contributed by atoms with E-state index >= 15 is 0 Å². The number of halogens is 2. The lowest BCUT2D eigenvalue weighted by atomic mass is 10.2. The molecule has 0 aliphatic heterocycles. The summed E-state index contributed by atoms with van der Waals surface area (Å²) in [7, 11) is -3.64. The summed E-state index contributed by atoms with van der Waals surface area (Å²) in [6.45, 7) is 1.93. The van der Waals surface area contributed by atoms with Gasteiger partial charge in [-0.3, -0.25) is 4.79 Å². The number of carbonyl (C=O) groups is 1. The SMILES string of the molecule is Cc1nn(Cc2ccc(F)cc2)c(Cl)c1C(=O)Nc1cccc(S(=O)(=O)NC2CC2)c1. The van der Waals surface area contributed by atoms with Crippen LogP contribution >= 0.6 is 11.6 Å². The van der Waals surface area contributed by atoms with Crippen molar-refractivity contribution in [3.8, 4) is 0 Å². The molecule has 0 bridgehead atoms. The van der Waals surface area contributed by atoms with Crippen LogP contribution in [-0.2, 0) is 16.6 Å². The maximum Gasteiger partial charge on any atom is 0.260 e. The highest BCUT2D eigenvalue weighted by Crippen LogP contribution is 2.25. The van der Waals surface area contributed by atoms with Gasteiger partial charge in [0.25, 0.3) is 5.91 Å². The molecule has 1 aliphatic rings. The predicted octanol–water partition coefficient (Wildman–Crippen LogP) is 3.73. The molecule has 0 spiro atoms. The molecule has 1 heterocycles. The number of sulfonamides is 1. The van der Waals surface area contributed by atoms with Gasteiger partial charge in [0.1, 0.15) is 11.0 Å². The summed E-state index contributed by atoms with van der Waals surface area (Å²) < 4.78 is 42.0. The summed E-state index contributed by atoms with van der Waals surface area (Å²) in [5.74, 6) is -0.847. The van der Waals surface area contributed by atoms with Crippen molar-refractivity contribution >= 4 is 33.2 Å². The van der Waals surface area contributed by atoms with Gasteiger partial charge < -0.3 is 5.32 Å². The second-order valence-electron chi connectivity index (χ2n) is 7.41. The summed E-state index contributed by atoms with van der Waals surface area (Å²) in [5, 5.41) is 7.14. The number of rotatable bonds is 7. The summed E-state index contributed by atoms with van der Waals surface area (Å²) in [5.41, 5.74) is 1.71. The Balaban J connectivity index is 1.53. The quantitative estimate of drug-likeness (QED) is 0.559. The Hall–Kier alpha value is -2.75. The van der Waals surface area contributed by atoms with E-state index in [0.717, 1.165) is 18.4 Å². The first-order valence-corrected chi connectivity index (χ1v) is 11.5. The van der Waals surface area contributed by atoms with Gasteiger partial charge in [0.05, 0.1) is 22.7 Å². The lowest BCUT2D eigenvalue weighted by Gasteiger charge is -2.09. The second kappa shape index (κ2) is 8.41. The third-order valence-electron chi connectivity index (χ3n) is 4.84. The lowest BCUT2D eigenvalue weighted by Crippen LogP contribution is -2.25. The standard InChI is InChI=1S/C21H20ClFN4O3S/c1-13-19(20(22)27(25-13)12-14-5-7-15(23)8-6-14)21(28)24-17-3-2-4-18(11-17)31(29,30)26-16-9-10-16/h2-8,11,16,26H,9-10,12H2,1H3,(H,24,28). The van der Waals surface area contributed by atoms with Crippen molar-refractivity contribution in [3.05, 3.63) is 76.3 Å². The Morgan fingerprint density at radius 2 is 1.94 bits per heavy atom. The molecule has 0 saturated heterocycles. The number of anilines is 1. The summed E-state index contributed by atoms with van der Waals surface area (Å²) >= 11 is 6.40. The van der Waals surface area contributed by atoms with Gasteiger partial charge in [-0.2, -0.15) is 5.10 Å². The maximum atomic E-state index is 13.1. The van der Waals surface area contributed by atoms with E-state index in [1.165, 1.54) is 28.9 Å². The first-order chi connectivity index (χ1) is 14.7. The molecule has 4 rings (SSSR count). The topological polar surface area (TPSA) is 93.1 Å². The minimum atomic E-state index is -3.64. The van der Waals surface area contributed by atoms with E-state index < -0.39 is 15.9 Å². The van der Waals surface area contributed by atoms with Crippen LogP contribution in [-0.4, -0.2) is 30.1 Å². The van der Waals surface area contributed by atoms with E-state index in [1.807, 2.05) is 0 Å². The van der Waals surface area contributed by atoms with E-state index in [-0.39, 0.29) is 34.0 Å². The first-order valence-electron chi connectivity index (χ1n) is 9.64. The Morgan fingerprint density at radius 3 is 2.61 bits per heavy atom. The van der Waals surface area contributed by atoms with E-state index in [1.54, 1.807) is 31.2 Å². The minimum Gasteiger partial charge on any atom is -0.322 e. The first kappa shape index (κ1) is 21.5. The highest BCUT2D eigenvalue weighted by molar-refractivity contribution is 7.89. The highest BCUT2D eigenvalue weighted by Gasteiger charge is 2.28. The molecule has 2 N–H and O–H groups in total. The molecule has 0 radical (unpaired) electrons. The Morgan fingerprint density at radius 1 is 1.23 bits per heavy atom. The summed E-state index contributed by atoms with van der Waals surface area (Å²) in [6.07, 6.45) is 1.66. The number of hydrogen-bond donors (Lipinski definition) is 2. The fourth-order valence-corrected chi connectivity index (χ4v) is 4.77. The molecule has 1 fully saturated rings. The molecule has 1 amide bonds. The molecule has 0 unspecified atom stereocenters. The van der Waals surface area contributed by atoms with Gasteiger partial charge in [-0.25, -0.2) is 22.2 Å². The smallest absolute Gasteiger partial charge is 0.260 e. The lowest BCUT2D eigenvalue weighted by molar-refractivity contribution is 0.102. The predicted molar refractivity (Wildman–Crippen MR) is 115 cm³/mol. The van der Waals surface area contributed by atoms with Gasteiger partial charge in [-0.05, 0) is 55.7 Å². The van der Waals surface area contributed by atoms with Crippen molar-refractivity contribution in [3.63, 3.8) is 0 Å². The van der Waals surface area contributed by atoms with Crippen molar-refractivity contribution in [1.29, 1.82) is 0 Å². The molecule has 3 aromatic rings. The van der Waals surface area contributed by atoms with Crippen LogP contribution < -0.4 is 10.0 Å². The molecule has 10 heteroatoms. The van der Waals surface area contributed by atoms with Gasteiger partial charge in [0.2, 0.25) is 10.0 Å². The van der Waals surface area contributed by atoms with Gasteiger partial charge in [0, 0.05) is 11.7 Å². The number of amides is 1. The fourth-order valence-electron chi connectivity index (χ4n) is 3.10. The Kier molecular flexibility index (Phi) is 5.83. The number of benzene rings is 2. The molecule has 0 atom stereocenters. The van der Waals surface area contributed by atoms with E-state index in [9.17, 15) is 17.6 Å². The fraction of sp³-hybridized carbons (Fsp3) is 0.238. The molecule has 1 aliphatic carbocycles. The number of hydrogen-bond acceptors (Lipinski definition) is 4. The van der Waals surface area contributed by atoms with Crippen molar-refractivity contribution in [2.24, 2.45) is 0 Å². The van der Waals surface area contributed by atoms with Crippen LogP contribution in [0.15, 0.2) is 53.4 Å². The van der Waals surface area contributed by atoms with E-state index in [0.29, 0.717) is 11.4 Å². The number of nitrogens with one attached hydrogen (secondary N) is 2. The molecule has 31 heavy (non-hydrogen) atoms. The van der Waals surface area contributed by atoms with Crippen LogP contribution in [0, 0.1) is 12.7 Å². The Bertz CT molecular complexity index is 1240. The van der Waals surface area contributed by atoms with Crippen LogP contribution in [0.5, 0.6) is 0 Å². The molecule has 1 saturated carbocycles. The van der Waals surface area contributed by atoms with E-state index in [2.05, 4.69) is 15.1 Å². The monoisotopic (exact) mass is 462 g/mol. The zero-order valence-electron chi connectivity index (χ0n) is 16.6. The second-order valence-corrected chi connectivity index (χ2v) is 9.48. The van der Waals surface area contributed by atoms with Crippen molar-refractivity contribution in [2.75, 3.05) is 5.32 Å². The van der Waals surface area contributed by atoms with Gasteiger partial charge >= 0.3 is 0 Å².